The van der Waals surface area contributed by atoms with Gasteiger partial charge in [0.2, 0.25) is 0 Å². The van der Waals surface area contributed by atoms with Gasteiger partial charge in [-0.15, -0.1) is 0 Å². The minimum absolute atomic E-state index is 0.0664. The van der Waals surface area contributed by atoms with Crippen LogP contribution in [0.3, 0.4) is 0 Å². The first-order chi connectivity index (χ1) is 22.3. The number of hydrogen-bond donors (Lipinski definition) is 6. The van der Waals surface area contributed by atoms with Crippen molar-refractivity contribution in [2.24, 2.45) is 34.0 Å². The average molecular weight is 627 g/mol. The zero-order chi connectivity index (χ0) is 32.6. The molecule has 2 aliphatic carbocycles. The van der Waals surface area contributed by atoms with Gasteiger partial charge in [0.05, 0.1) is 12.6 Å². The van der Waals surface area contributed by atoms with Gasteiger partial charge in [-0.3, -0.25) is 0 Å². The SMILES string of the molecule is CCCC[C@H](N)CCC[C@H]1c2cc3cc(CC=O)ccc3cc2[C@@H]2CC[C@@H]([C@@H](Nc3ccc[nH]3)/C(=C/C(=O)O)CN=C(N)N)[C@H]1C2. The third kappa shape index (κ3) is 7.99. The first-order valence-electron chi connectivity index (χ1n) is 16.9. The van der Waals surface area contributed by atoms with E-state index in [0.717, 1.165) is 75.5 Å². The molecule has 2 aromatic carbocycles. The van der Waals surface area contributed by atoms with Gasteiger partial charge < -0.3 is 37.4 Å². The number of fused-ring (bicyclic) bond motifs is 5. The molecule has 9 heteroatoms. The molecule has 2 bridgehead atoms. The zero-order valence-corrected chi connectivity index (χ0v) is 27.0. The fourth-order valence-electron chi connectivity index (χ4n) is 8.12. The van der Waals surface area contributed by atoms with Crippen LogP contribution in [0.1, 0.15) is 93.2 Å². The van der Waals surface area contributed by atoms with E-state index in [0.29, 0.717) is 23.8 Å². The molecule has 5 rings (SSSR count). The van der Waals surface area contributed by atoms with Gasteiger partial charge in [-0.05, 0) is 107 Å². The Morgan fingerprint density at radius 3 is 2.63 bits per heavy atom. The first kappa shape index (κ1) is 33.3. The van der Waals surface area contributed by atoms with Crippen LogP contribution in [-0.4, -0.2) is 46.9 Å². The van der Waals surface area contributed by atoms with Crippen molar-refractivity contribution in [3.63, 3.8) is 0 Å². The molecule has 9 nitrogen and oxygen atoms in total. The summed E-state index contributed by atoms with van der Waals surface area (Å²) in [6, 6.07) is 14.9. The molecule has 1 saturated carbocycles. The van der Waals surface area contributed by atoms with Crippen molar-refractivity contribution in [2.75, 3.05) is 11.9 Å². The summed E-state index contributed by atoms with van der Waals surface area (Å²) < 4.78 is 0. The molecule has 0 saturated heterocycles. The Labute approximate surface area is 272 Å². The topological polar surface area (TPSA) is 173 Å². The zero-order valence-electron chi connectivity index (χ0n) is 27.0. The molecule has 1 heterocycles. The van der Waals surface area contributed by atoms with Crippen LogP contribution >= 0.6 is 0 Å². The summed E-state index contributed by atoms with van der Waals surface area (Å²) in [5.41, 5.74) is 22.5. The second-order valence-electron chi connectivity index (χ2n) is 13.3. The molecule has 2 aliphatic rings. The maximum absolute atomic E-state index is 12.1. The molecule has 3 aromatic rings. The third-order valence-electron chi connectivity index (χ3n) is 10.2. The monoisotopic (exact) mass is 626 g/mol. The summed E-state index contributed by atoms with van der Waals surface area (Å²) in [7, 11) is 0. The van der Waals surface area contributed by atoms with Crippen molar-refractivity contribution >= 4 is 34.8 Å². The number of nitrogens with one attached hydrogen (secondary N) is 2. The summed E-state index contributed by atoms with van der Waals surface area (Å²) >= 11 is 0. The van der Waals surface area contributed by atoms with Crippen LogP contribution in [0.25, 0.3) is 10.8 Å². The molecule has 1 aromatic heterocycles. The number of rotatable bonds is 16. The van der Waals surface area contributed by atoms with Gasteiger partial charge in [-0.2, -0.15) is 0 Å². The first-order valence-corrected chi connectivity index (χ1v) is 16.9. The molecule has 46 heavy (non-hydrogen) atoms. The fraction of sp³-hybridized carbons (Fsp3) is 0.486. The lowest BCUT2D eigenvalue weighted by molar-refractivity contribution is -0.131. The van der Waals surface area contributed by atoms with E-state index in [-0.39, 0.29) is 36.4 Å². The number of guanidine groups is 1. The quantitative estimate of drug-likeness (QED) is 0.0492. The Morgan fingerprint density at radius 2 is 1.91 bits per heavy atom. The highest BCUT2D eigenvalue weighted by atomic mass is 16.4. The van der Waals surface area contributed by atoms with Gasteiger partial charge in [0.25, 0.3) is 0 Å². The predicted molar refractivity (Wildman–Crippen MR) is 186 cm³/mol. The molecule has 246 valence electrons. The maximum atomic E-state index is 12.1. The Kier molecular flexibility index (Phi) is 11.2. The molecule has 0 unspecified atom stereocenters. The molecule has 0 aliphatic heterocycles. The van der Waals surface area contributed by atoms with E-state index in [1.807, 2.05) is 18.3 Å². The highest BCUT2D eigenvalue weighted by Crippen LogP contribution is 2.56. The predicted octanol–water partition coefficient (Wildman–Crippen LogP) is 5.96. The fourth-order valence-corrected chi connectivity index (χ4v) is 8.12. The number of carbonyl (C=O) groups is 2. The van der Waals surface area contributed by atoms with Crippen LogP contribution in [0.15, 0.2) is 65.3 Å². The largest absolute Gasteiger partial charge is 0.478 e. The minimum Gasteiger partial charge on any atom is -0.478 e. The van der Waals surface area contributed by atoms with Gasteiger partial charge in [0.15, 0.2) is 5.96 Å². The van der Waals surface area contributed by atoms with E-state index < -0.39 is 5.97 Å². The highest BCUT2D eigenvalue weighted by molar-refractivity contribution is 5.86. The molecule has 0 amide bonds. The lowest BCUT2D eigenvalue weighted by atomic mass is 9.57. The lowest BCUT2D eigenvalue weighted by Gasteiger charge is -2.49. The highest BCUT2D eigenvalue weighted by Gasteiger charge is 2.45. The number of aldehydes is 1. The van der Waals surface area contributed by atoms with Crippen LogP contribution in [0.4, 0.5) is 5.82 Å². The number of carbonyl (C=O) groups excluding carboxylic acids is 1. The third-order valence-corrected chi connectivity index (χ3v) is 10.2. The van der Waals surface area contributed by atoms with Gasteiger partial charge in [0.1, 0.15) is 12.1 Å². The van der Waals surface area contributed by atoms with Gasteiger partial charge in [-0.25, -0.2) is 9.79 Å². The number of unbranched alkanes of at least 4 members (excludes halogenated alkanes) is 1. The van der Waals surface area contributed by atoms with Gasteiger partial charge in [0, 0.05) is 24.7 Å². The molecule has 1 fully saturated rings. The number of aliphatic imine (C=N–C) groups is 1. The molecule has 6 atom stereocenters. The summed E-state index contributed by atoms with van der Waals surface area (Å²) in [5.74, 6) is 0.947. The number of aromatic nitrogens is 1. The number of anilines is 1. The van der Waals surface area contributed by atoms with Crippen LogP contribution in [0, 0.1) is 11.8 Å². The second-order valence-corrected chi connectivity index (χ2v) is 13.3. The lowest BCUT2D eigenvalue weighted by Crippen LogP contribution is -2.44. The second kappa shape index (κ2) is 15.5. The Bertz CT molecular complexity index is 1540. The number of carboxylic acid groups (broad SMARTS) is 1. The molecule has 0 spiro atoms. The van der Waals surface area contributed by atoms with E-state index in [1.54, 1.807) is 0 Å². The average Bonchev–Trinajstić information content (AvgIpc) is 3.55. The van der Waals surface area contributed by atoms with E-state index >= 15 is 0 Å². The molecule has 9 N–H and O–H groups in total. The number of nitrogens with zero attached hydrogens (tertiary/aromatic N) is 1. The summed E-state index contributed by atoms with van der Waals surface area (Å²) in [4.78, 5) is 30.9. The number of aliphatic carboxylic acids is 1. The number of benzene rings is 2. The molecular formula is C37H50N6O3. The van der Waals surface area contributed by atoms with Crippen LogP contribution < -0.4 is 22.5 Å². The summed E-state index contributed by atoms with van der Waals surface area (Å²) in [5, 5.41) is 16.0. The van der Waals surface area contributed by atoms with E-state index in [9.17, 15) is 14.7 Å². The number of H-pyrrole nitrogens is 1. The van der Waals surface area contributed by atoms with Crippen molar-refractivity contribution in [3.8, 4) is 0 Å². The number of carboxylic acids is 1. The number of hydrogen-bond acceptors (Lipinski definition) is 5. The normalized spacial score (nSPS) is 22.1. The van der Waals surface area contributed by atoms with Crippen LogP contribution in [0.2, 0.25) is 0 Å². The summed E-state index contributed by atoms with van der Waals surface area (Å²) in [6.45, 7) is 2.31. The number of nitrogens with two attached hydrogens (primary N) is 3. The van der Waals surface area contributed by atoms with Crippen molar-refractivity contribution < 1.29 is 14.7 Å². The minimum atomic E-state index is -1.02. The molecule has 0 radical (unpaired) electrons. The molecular weight excluding hydrogens is 576 g/mol. The van der Waals surface area contributed by atoms with E-state index in [2.05, 4.69) is 52.5 Å². The smallest absolute Gasteiger partial charge is 0.328 e. The van der Waals surface area contributed by atoms with Crippen molar-refractivity contribution in [3.05, 3.63) is 77.0 Å². The van der Waals surface area contributed by atoms with E-state index in [1.165, 1.54) is 28.0 Å². The van der Waals surface area contributed by atoms with Crippen LogP contribution in [-0.2, 0) is 16.0 Å². The Hall–Kier alpha value is -4.11. The standard InChI is InChI=1S/C37H50N6O3/c1-2-3-6-28(38)7-4-8-29-32-19-25(31-18-24-11-10-23(14-16-44)17-26(24)20-33(29)31)12-13-30(32)36(43-34-9-5-15-41-34)27(21-35(45)46)22-42-37(39)40/h5,9-11,15-18,20-21,25,28-30,32,36,41,43H,2-4,6-8,12-14,19,22,38H2,1H3,(H,45,46)(H4,39,40,42)/b27-21+/t25-,28+,29-,30-,32+,36+/m1/s1. The summed E-state index contributed by atoms with van der Waals surface area (Å²) in [6.07, 6.45) is 13.9. The number of aromatic amines is 1. The Morgan fingerprint density at radius 1 is 1.11 bits per heavy atom. The van der Waals surface area contributed by atoms with Crippen LogP contribution in [0.5, 0.6) is 0 Å². The maximum Gasteiger partial charge on any atom is 0.328 e. The Balaban J connectivity index is 1.56. The van der Waals surface area contributed by atoms with Crippen molar-refractivity contribution in [1.82, 2.24) is 4.98 Å². The van der Waals surface area contributed by atoms with E-state index in [4.69, 9.17) is 17.2 Å². The van der Waals surface area contributed by atoms with Crippen molar-refractivity contribution in [1.29, 1.82) is 0 Å². The van der Waals surface area contributed by atoms with Gasteiger partial charge in [-0.1, -0.05) is 56.5 Å². The van der Waals surface area contributed by atoms with Crippen molar-refractivity contribution in [2.45, 2.75) is 95.1 Å². The van der Waals surface area contributed by atoms with Gasteiger partial charge >= 0.3 is 5.97 Å².